The third-order valence-corrected chi connectivity index (χ3v) is 3.57. The van der Waals surface area contributed by atoms with Gasteiger partial charge in [-0.1, -0.05) is 0 Å². The highest BCUT2D eigenvalue weighted by Gasteiger charge is 2.33. The number of alkyl halides is 3. The summed E-state index contributed by atoms with van der Waals surface area (Å²) in [5.41, 5.74) is -2.10. The van der Waals surface area contributed by atoms with Crippen LogP contribution in [0.15, 0.2) is 41.0 Å². The second-order valence-corrected chi connectivity index (χ2v) is 5.68. The van der Waals surface area contributed by atoms with Gasteiger partial charge in [-0.2, -0.15) is 13.2 Å². The molecule has 0 saturated carbocycles. The van der Waals surface area contributed by atoms with E-state index >= 15 is 0 Å². The zero-order valence-corrected chi connectivity index (χ0v) is 14.8. The van der Waals surface area contributed by atoms with E-state index in [0.29, 0.717) is 17.9 Å². The van der Waals surface area contributed by atoms with Gasteiger partial charge in [-0.15, -0.1) is 0 Å². The number of furan rings is 1. The van der Waals surface area contributed by atoms with Gasteiger partial charge >= 0.3 is 12.1 Å². The number of esters is 1. The fraction of sp³-hybridized carbons (Fsp3) is 0.294. The Morgan fingerprint density at radius 2 is 2.00 bits per heavy atom. The molecule has 1 aromatic carbocycles. The highest BCUT2D eigenvalue weighted by atomic mass is 19.4. The van der Waals surface area contributed by atoms with Crippen molar-refractivity contribution < 1.29 is 36.8 Å². The molecule has 2 aromatic rings. The number of anilines is 1. The molecule has 0 spiro atoms. The standard InChI is InChI=1S/C17H16F3N3O6/c18-17(19,20)11-3-4-13(14(8-11)23(26)27)21-6-5-16(25)29-10-15(24)22-9-12-2-1-7-28-12/h1-4,7-8,21H,5-6,9-10H2,(H,22,24). The lowest BCUT2D eigenvalue weighted by Crippen LogP contribution is -2.28. The van der Waals surface area contributed by atoms with Crippen molar-refractivity contribution in [2.45, 2.75) is 19.1 Å². The average Bonchev–Trinajstić information content (AvgIpc) is 3.17. The van der Waals surface area contributed by atoms with Crippen LogP contribution in [0.3, 0.4) is 0 Å². The Morgan fingerprint density at radius 3 is 2.62 bits per heavy atom. The van der Waals surface area contributed by atoms with E-state index < -0.39 is 40.8 Å². The number of benzene rings is 1. The van der Waals surface area contributed by atoms with Crippen molar-refractivity contribution in [3.05, 3.63) is 58.0 Å². The maximum absolute atomic E-state index is 12.7. The minimum Gasteiger partial charge on any atom is -0.467 e. The number of rotatable bonds is 9. The van der Waals surface area contributed by atoms with Gasteiger partial charge in [0.15, 0.2) is 6.61 Å². The smallest absolute Gasteiger partial charge is 0.416 e. The number of nitrogens with zero attached hydrogens (tertiary/aromatic N) is 1. The fourth-order valence-electron chi connectivity index (χ4n) is 2.18. The van der Waals surface area contributed by atoms with Gasteiger partial charge in [0.1, 0.15) is 11.4 Å². The molecule has 0 unspecified atom stereocenters. The highest BCUT2D eigenvalue weighted by Crippen LogP contribution is 2.34. The summed E-state index contributed by atoms with van der Waals surface area (Å²) in [4.78, 5) is 33.2. The molecular weight excluding hydrogens is 399 g/mol. The van der Waals surface area contributed by atoms with Gasteiger partial charge in [0, 0.05) is 12.6 Å². The molecule has 0 aliphatic carbocycles. The predicted molar refractivity (Wildman–Crippen MR) is 92.7 cm³/mol. The van der Waals surface area contributed by atoms with Crippen LogP contribution in [0.25, 0.3) is 0 Å². The van der Waals surface area contributed by atoms with Gasteiger partial charge in [0.05, 0.1) is 29.7 Å². The first-order valence-corrected chi connectivity index (χ1v) is 8.21. The maximum atomic E-state index is 12.7. The van der Waals surface area contributed by atoms with Gasteiger partial charge < -0.3 is 19.8 Å². The van der Waals surface area contributed by atoms with Gasteiger partial charge in [-0.05, 0) is 24.3 Å². The monoisotopic (exact) mass is 415 g/mol. The number of carbonyl (C=O) groups excluding carboxylic acids is 2. The first-order valence-electron chi connectivity index (χ1n) is 8.21. The SMILES string of the molecule is O=C(COC(=O)CCNc1ccc(C(F)(F)F)cc1[N+](=O)[O-])NCc1ccco1. The molecule has 29 heavy (non-hydrogen) atoms. The van der Waals surface area contributed by atoms with Crippen molar-refractivity contribution >= 4 is 23.3 Å². The molecular formula is C17H16F3N3O6. The fourth-order valence-corrected chi connectivity index (χ4v) is 2.18. The Balaban J connectivity index is 1.78. The van der Waals surface area contributed by atoms with E-state index in [-0.39, 0.29) is 25.2 Å². The lowest BCUT2D eigenvalue weighted by molar-refractivity contribution is -0.384. The summed E-state index contributed by atoms with van der Waals surface area (Å²) in [5, 5.41) is 16.0. The van der Waals surface area contributed by atoms with Crippen LogP contribution in [0.2, 0.25) is 0 Å². The van der Waals surface area contributed by atoms with Crippen LogP contribution in [0.4, 0.5) is 24.5 Å². The number of nitro benzene ring substituents is 1. The Kier molecular flexibility index (Phi) is 7.17. The molecule has 1 heterocycles. The zero-order chi connectivity index (χ0) is 21.4. The molecule has 12 heteroatoms. The molecule has 1 aromatic heterocycles. The van der Waals surface area contributed by atoms with Crippen molar-refractivity contribution in [2.75, 3.05) is 18.5 Å². The van der Waals surface area contributed by atoms with Crippen LogP contribution >= 0.6 is 0 Å². The van der Waals surface area contributed by atoms with Gasteiger partial charge in [-0.25, -0.2) is 0 Å². The lowest BCUT2D eigenvalue weighted by atomic mass is 10.1. The average molecular weight is 415 g/mol. The summed E-state index contributed by atoms with van der Waals surface area (Å²) >= 11 is 0. The normalized spacial score (nSPS) is 11.0. The van der Waals surface area contributed by atoms with Crippen LogP contribution in [0.5, 0.6) is 0 Å². The van der Waals surface area contributed by atoms with E-state index in [9.17, 15) is 32.9 Å². The Labute approximate surface area is 162 Å². The van der Waals surface area contributed by atoms with Crippen LogP contribution in [0.1, 0.15) is 17.7 Å². The summed E-state index contributed by atoms with van der Waals surface area (Å²) in [6, 6.07) is 5.31. The number of halogens is 3. The Morgan fingerprint density at radius 1 is 1.24 bits per heavy atom. The largest absolute Gasteiger partial charge is 0.467 e. The molecule has 156 valence electrons. The minimum atomic E-state index is -4.72. The Hall–Kier alpha value is -3.57. The Bertz CT molecular complexity index is 868. The molecule has 0 radical (unpaired) electrons. The van der Waals surface area contributed by atoms with Gasteiger partial charge in [0.25, 0.3) is 11.6 Å². The third kappa shape index (κ3) is 6.83. The summed E-state index contributed by atoms with van der Waals surface area (Å²) < 4.78 is 47.8. The van der Waals surface area contributed by atoms with Gasteiger partial charge in [0.2, 0.25) is 0 Å². The van der Waals surface area contributed by atoms with E-state index in [4.69, 9.17) is 9.15 Å². The number of nitro groups is 1. The van der Waals surface area contributed by atoms with E-state index in [0.717, 1.165) is 6.07 Å². The van der Waals surface area contributed by atoms with E-state index in [1.54, 1.807) is 12.1 Å². The molecule has 0 fully saturated rings. The maximum Gasteiger partial charge on any atom is 0.416 e. The number of amides is 1. The molecule has 1 amide bonds. The van der Waals surface area contributed by atoms with Crippen molar-refractivity contribution in [3.8, 4) is 0 Å². The molecule has 0 bridgehead atoms. The molecule has 2 N–H and O–H groups in total. The molecule has 0 saturated heterocycles. The van der Waals surface area contributed by atoms with Crippen LogP contribution in [-0.4, -0.2) is 30.0 Å². The number of carbonyl (C=O) groups is 2. The summed E-state index contributed by atoms with van der Waals surface area (Å²) in [5.74, 6) is -0.798. The van der Waals surface area contributed by atoms with Crippen LogP contribution in [0, 0.1) is 10.1 Å². The van der Waals surface area contributed by atoms with Crippen LogP contribution in [-0.2, 0) is 27.0 Å². The summed E-state index contributed by atoms with van der Waals surface area (Å²) in [6.45, 7) is -0.540. The quantitative estimate of drug-likeness (QED) is 0.367. The molecule has 0 aliphatic heterocycles. The van der Waals surface area contributed by atoms with Crippen LogP contribution < -0.4 is 10.6 Å². The van der Waals surface area contributed by atoms with Crippen molar-refractivity contribution in [2.24, 2.45) is 0 Å². The predicted octanol–water partition coefficient (Wildman–Crippen LogP) is 2.87. The number of nitrogens with one attached hydrogen (secondary N) is 2. The summed E-state index contributed by atoms with van der Waals surface area (Å²) in [6.07, 6.45) is -3.54. The van der Waals surface area contributed by atoms with Crippen molar-refractivity contribution in [3.63, 3.8) is 0 Å². The third-order valence-electron chi connectivity index (χ3n) is 3.57. The minimum absolute atomic E-state index is 0.128. The topological polar surface area (TPSA) is 124 Å². The first kappa shape index (κ1) is 21.7. The van der Waals surface area contributed by atoms with Crippen molar-refractivity contribution in [1.82, 2.24) is 5.32 Å². The number of hydrogen-bond donors (Lipinski definition) is 2. The van der Waals surface area contributed by atoms with E-state index in [1.807, 2.05) is 0 Å². The van der Waals surface area contributed by atoms with Gasteiger partial charge in [-0.3, -0.25) is 19.7 Å². The second kappa shape index (κ2) is 9.57. The number of hydrogen-bond acceptors (Lipinski definition) is 7. The van der Waals surface area contributed by atoms with E-state index in [2.05, 4.69) is 10.6 Å². The number of ether oxygens (including phenoxy) is 1. The van der Waals surface area contributed by atoms with Crippen molar-refractivity contribution in [1.29, 1.82) is 0 Å². The second-order valence-electron chi connectivity index (χ2n) is 5.68. The molecule has 0 aliphatic rings. The zero-order valence-electron chi connectivity index (χ0n) is 14.8. The molecule has 0 atom stereocenters. The highest BCUT2D eigenvalue weighted by molar-refractivity contribution is 5.80. The molecule has 2 rings (SSSR count). The molecule has 9 nitrogen and oxygen atoms in total. The van der Waals surface area contributed by atoms with E-state index in [1.165, 1.54) is 6.26 Å². The summed E-state index contributed by atoms with van der Waals surface area (Å²) in [7, 11) is 0. The lowest BCUT2D eigenvalue weighted by Gasteiger charge is -2.10. The first-order chi connectivity index (χ1) is 13.7.